The van der Waals surface area contributed by atoms with Crippen LogP contribution < -0.4 is 10.6 Å². The van der Waals surface area contributed by atoms with E-state index in [9.17, 15) is 9.59 Å². The Kier molecular flexibility index (Phi) is 3.66. The standard InChI is InChI=1S/C12H20N2O3/c1-7-4-5-13-10(7)11(15)14-9-3-2-8(6-9)12(16)17/h7-10,13H,2-6H2,1H3,(H,14,15)(H,16,17)/t7?,8-,9+,10?/m1/s1. The third-order valence-electron chi connectivity index (χ3n) is 3.94. The normalized spacial score (nSPS) is 37.0. The zero-order valence-corrected chi connectivity index (χ0v) is 10.1. The second-order valence-electron chi connectivity index (χ2n) is 5.25. The lowest BCUT2D eigenvalue weighted by Gasteiger charge is -2.19. The molecule has 17 heavy (non-hydrogen) atoms. The van der Waals surface area contributed by atoms with E-state index < -0.39 is 5.97 Å². The van der Waals surface area contributed by atoms with Gasteiger partial charge in [0.15, 0.2) is 0 Å². The maximum Gasteiger partial charge on any atom is 0.306 e. The third kappa shape index (κ3) is 2.77. The van der Waals surface area contributed by atoms with Crippen LogP contribution in [0.4, 0.5) is 0 Å². The summed E-state index contributed by atoms with van der Waals surface area (Å²) in [6, 6.07) is -0.0583. The summed E-state index contributed by atoms with van der Waals surface area (Å²) in [6.45, 7) is 2.96. The molecule has 1 aliphatic carbocycles. The van der Waals surface area contributed by atoms with Crippen molar-refractivity contribution in [3.63, 3.8) is 0 Å². The molecule has 4 atom stereocenters. The number of carbonyl (C=O) groups is 2. The Morgan fingerprint density at radius 3 is 2.59 bits per heavy atom. The molecule has 0 radical (unpaired) electrons. The minimum absolute atomic E-state index is 0.0334. The molecule has 1 saturated heterocycles. The summed E-state index contributed by atoms with van der Waals surface area (Å²) in [5.41, 5.74) is 0. The van der Waals surface area contributed by atoms with Gasteiger partial charge in [-0.25, -0.2) is 0 Å². The van der Waals surface area contributed by atoms with Gasteiger partial charge in [0.05, 0.1) is 12.0 Å². The molecule has 0 spiro atoms. The molecule has 0 bridgehead atoms. The van der Waals surface area contributed by atoms with E-state index in [-0.39, 0.29) is 23.9 Å². The molecule has 1 amide bonds. The highest BCUT2D eigenvalue weighted by Crippen LogP contribution is 2.26. The maximum absolute atomic E-state index is 12.0. The average molecular weight is 240 g/mol. The molecule has 0 aromatic carbocycles. The number of hydrogen-bond donors (Lipinski definition) is 3. The molecule has 1 saturated carbocycles. The van der Waals surface area contributed by atoms with Gasteiger partial charge in [-0.05, 0) is 38.1 Å². The Hall–Kier alpha value is -1.10. The molecule has 2 unspecified atom stereocenters. The number of hydrogen-bond acceptors (Lipinski definition) is 3. The van der Waals surface area contributed by atoms with E-state index in [4.69, 9.17) is 5.11 Å². The average Bonchev–Trinajstić information content (AvgIpc) is 2.86. The Morgan fingerprint density at radius 2 is 2.06 bits per heavy atom. The van der Waals surface area contributed by atoms with Crippen LogP contribution in [0.3, 0.4) is 0 Å². The minimum Gasteiger partial charge on any atom is -0.481 e. The smallest absolute Gasteiger partial charge is 0.306 e. The van der Waals surface area contributed by atoms with E-state index in [0.29, 0.717) is 18.8 Å². The topological polar surface area (TPSA) is 78.4 Å². The van der Waals surface area contributed by atoms with E-state index in [1.54, 1.807) is 0 Å². The summed E-state index contributed by atoms with van der Waals surface area (Å²) in [5.74, 6) is -0.624. The van der Waals surface area contributed by atoms with Crippen molar-refractivity contribution in [1.82, 2.24) is 10.6 Å². The van der Waals surface area contributed by atoms with Gasteiger partial charge in [-0.1, -0.05) is 6.92 Å². The van der Waals surface area contributed by atoms with Crippen molar-refractivity contribution < 1.29 is 14.7 Å². The fraction of sp³-hybridized carbons (Fsp3) is 0.833. The van der Waals surface area contributed by atoms with Crippen LogP contribution in [0.25, 0.3) is 0 Å². The van der Waals surface area contributed by atoms with Crippen LogP contribution >= 0.6 is 0 Å². The number of nitrogens with one attached hydrogen (secondary N) is 2. The van der Waals surface area contributed by atoms with Gasteiger partial charge in [0.25, 0.3) is 0 Å². The quantitative estimate of drug-likeness (QED) is 0.665. The largest absolute Gasteiger partial charge is 0.481 e. The van der Waals surface area contributed by atoms with Gasteiger partial charge in [-0.15, -0.1) is 0 Å². The molecule has 2 fully saturated rings. The van der Waals surface area contributed by atoms with Crippen LogP contribution in [0.2, 0.25) is 0 Å². The van der Waals surface area contributed by atoms with Crippen molar-refractivity contribution in [2.24, 2.45) is 11.8 Å². The van der Waals surface area contributed by atoms with Crippen molar-refractivity contribution in [2.75, 3.05) is 6.54 Å². The Bertz CT molecular complexity index is 319. The van der Waals surface area contributed by atoms with Crippen molar-refractivity contribution >= 4 is 11.9 Å². The zero-order chi connectivity index (χ0) is 12.4. The number of carboxylic acid groups (broad SMARTS) is 1. The Labute approximate surface area is 101 Å². The van der Waals surface area contributed by atoms with Crippen LogP contribution in [-0.4, -0.2) is 35.6 Å². The minimum atomic E-state index is -0.742. The lowest BCUT2D eigenvalue weighted by atomic mass is 10.0. The molecular formula is C12H20N2O3. The second kappa shape index (κ2) is 5.04. The lowest BCUT2D eigenvalue weighted by molar-refractivity contribution is -0.141. The SMILES string of the molecule is CC1CCNC1C(=O)N[C@H]1CC[C@@H](C(=O)O)C1. The van der Waals surface area contributed by atoms with E-state index >= 15 is 0 Å². The van der Waals surface area contributed by atoms with Gasteiger partial charge >= 0.3 is 5.97 Å². The molecule has 5 heteroatoms. The van der Waals surface area contributed by atoms with Crippen molar-refractivity contribution in [1.29, 1.82) is 0 Å². The highest BCUT2D eigenvalue weighted by atomic mass is 16.4. The molecule has 1 heterocycles. The summed E-state index contributed by atoms with van der Waals surface area (Å²) in [4.78, 5) is 22.8. The summed E-state index contributed by atoms with van der Waals surface area (Å²) < 4.78 is 0. The molecule has 96 valence electrons. The monoisotopic (exact) mass is 240 g/mol. The number of aliphatic carboxylic acids is 1. The van der Waals surface area contributed by atoms with Gasteiger partial charge in [0, 0.05) is 6.04 Å². The lowest BCUT2D eigenvalue weighted by Crippen LogP contribution is -2.46. The van der Waals surface area contributed by atoms with Crippen molar-refractivity contribution in [3.05, 3.63) is 0 Å². The molecular weight excluding hydrogens is 220 g/mol. The fourth-order valence-electron chi connectivity index (χ4n) is 2.81. The van der Waals surface area contributed by atoms with E-state index in [1.807, 2.05) is 0 Å². The van der Waals surface area contributed by atoms with E-state index in [0.717, 1.165) is 19.4 Å². The van der Waals surface area contributed by atoms with Crippen molar-refractivity contribution in [2.45, 2.75) is 44.7 Å². The van der Waals surface area contributed by atoms with Crippen molar-refractivity contribution in [3.8, 4) is 0 Å². The second-order valence-corrected chi connectivity index (χ2v) is 5.25. The molecule has 5 nitrogen and oxygen atoms in total. The summed E-state index contributed by atoms with van der Waals surface area (Å²) in [7, 11) is 0. The number of carboxylic acids is 1. The van der Waals surface area contributed by atoms with Crippen LogP contribution in [0.1, 0.15) is 32.6 Å². The molecule has 0 aromatic rings. The molecule has 2 rings (SSSR count). The van der Waals surface area contributed by atoms with Gasteiger partial charge in [-0.2, -0.15) is 0 Å². The summed E-state index contributed by atoms with van der Waals surface area (Å²) >= 11 is 0. The molecule has 1 aliphatic heterocycles. The molecule has 2 aliphatic rings. The summed E-state index contributed by atoms with van der Waals surface area (Å²) in [6.07, 6.45) is 3.06. The Morgan fingerprint density at radius 1 is 1.29 bits per heavy atom. The molecule has 3 N–H and O–H groups in total. The van der Waals surface area contributed by atoms with Crippen LogP contribution in [0, 0.1) is 11.8 Å². The first kappa shape index (κ1) is 12.4. The zero-order valence-electron chi connectivity index (χ0n) is 10.1. The van der Waals surface area contributed by atoms with E-state index in [2.05, 4.69) is 17.6 Å². The first-order valence-corrected chi connectivity index (χ1v) is 6.34. The van der Waals surface area contributed by atoms with Gasteiger partial charge in [0.2, 0.25) is 5.91 Å². The predicted molar refractivity (Wildman–Crippen MR) is 62.5 cm³/mol. The Balaban J connectivity index is 1.82. The van der Waals surface area contributed by atoms with Gasteiger partial charge in [0.1, 0.15) is 0 Å². The van der Waals surface area contributed by atoms with Gasteiger partial charge < -0.3 is 15.7 Å². The van der Waals surface area contributed by atoms with Crippen LogP contribution in [-0.2, 0) is 9.59 Å². The number of carbonyl (C=O) groups excluding carboxylic acids is 1. The fourth-order valence-corrected chi connectivity index (χ4v) is 2.81. The van der Waals surface area contributed by atoms with Crippen LogP contribution in [0.5, 0.6) is 0 Å². The maximum atomic E-state index is 12.0. The highest BCUT2D eigenvalue weighted by molar-refractivity contribution is 5.82. The first-order valence-electron chi connectivity index (χ1n) is 6.34. The number of rotatable bonds is 3. The van der Waals surface area contributed by atoms with Gasteiger partial charge in [-0.3, -0.25) is 9.59 Å². The summed E-state index contributed by atoms with van der Waals surface area (Å²) in [5, 5.41) is 15.1. The molecule has 0 aromatic heterocycles. The van der Waals surface area contributed by atoms with E-state index in [1.165, 1.54) is 0 Å². The first-order chi connectivity index (χ1) is 8.08. The predicted octanol–water partition coefficient (Wildman–Crippen LogP) is 0.354. The third-order valence-corrected chi connectivity index (χ3v) is 3.94. The number of amides is 1. The van der Waals surface area contributed by atoms with Crippen LogP contribution in [0.15, 0.2) is 0 Å². The highest BCUT2D eigenvalue weighted by Gasteiger charge is 2.34.